The van der Waals surface area contributed by atoms with E-state index < -0.39 is 17.9 Å². The van der Waals surface area contributed by atoms with Crippen molar-refractivity contribution in [2.45, 2.75) is 19.4 Å². The van der Waals surface area contributed by atoms with Crippen molar-refractivity contribution in [3.8, 4) is 0 Å². The molecule has 0 bridgehead atoms. The molecular weight excluding hydrogens is 208 g/mol. The van der Waals surface area contributed by atoms with Crippen molar-refractivity contribution in [3.05, 3.63) is 24.0 Å². The molecule has 0 saturated heterocycles. The smallest absolute Gasteiger partial charge is 0.241 e. The average Bonchev–Trinajstić information content (AvgIpc) is 2.20. The highest BCUT2D eigenvalue weighted by molar-refractivity contribution is 5.97. The Labute approximate surface area is 93.0 Å². The predicted molar refractivity (Wildman–Crippen MR) is 59.4 cm³/mol. The molecule has 1 heterocycles. The molecule has 16 heavy (non-hydrogen) atoms. The first-order chi connectivity index (χ1) is 7.50. The first-order valence-corrected chi connectivity index (χ1v) is 4.76. The van der Waals surface area contributed by atoms with Crippen LogP contribution in [0.5, 0.6) is 0 Å². The maximum Gasteiger partial charge on any atom is 0.241 e. The highest BCUT2D eigenvalue weighted by Crippen LogP contribution is 2.11. The lowest BCUT2D eigenvalue weighted by Crippen LogP contribution is -2.39. The third kappa shape index (κ3) is 3.32. The number of aromatic nitrogens is 1. The van der Waals surface area contributed by atoms with Crippen LogP contribution in [0.15, 0.2) is 18.5 Å². The monoisotopic (exact) mass is 222 g/mol. The van der Waals surface area contributed by atoms with Crippen molar-refractivity contribution in [3.63, 3.8) is 0 Å². The van der Waals surface area contributed by atoms with Gasteiger partial charge in [-0.1, -0.05) is 0 Å². The van der Waals surface area contributed by atoms with Crippen LogP contribution < -0.4 is 16.8 Å². The fourth-order valence-corrected chi connectivity index (χ4v) is 1.13. The van der Waals surface area contributed by atoms with Crippen LogP contribution in [0, 0.1) is 6.92 Å². The first-order valence-electron chi connectivity index (χ1n) is 4.76. The summed E-state index contributed by atoms with van der Waals surface area (Å²) < 4.78 is 0. The molecule has 86 valence electrons. The number of amides is 2. The molecule has 6 heteroatoms. The van der Waals surface area contributed by atoms with Crippen LogP contribution in [-0.4, -0.2) is 22.8 Å². The number of nitrogens with zero attached hydrogens (tertiary/aromatic N) is 1. The Balaban J connectivity index is 2.64. The largest absolute Gasteiger partial charge is 0.370 e. The SMILES string of the molecule is Cc1ccncc1NC(=O)C(N)CC(N)=O. The van der Waals surface area contributed by atoms with Gasteiger partial charge in [-0.2, -0.15) is 0 Å². The lowest BCUT2D eigenvalue weighted by atomic mass is 10.2. The molecule has 1 aromatic heterocycles. The fraction of sp³-hybridized carbons (Fsp3) is 0.300. The van der Waals surface area contributed by atoms with E-state index in [-0.39, 0.29) is 6.42 Å². The second kappa shape index (κ2) is 5.22. The molecule has 1 unspecified atom stereocenters. The average molecular weight is 222 g/mol. The second-order valence-electron chi connectivity index (χ2n) is 3.46. The maximum atomic E-state index is 11.5. The van der Waals surface area contributed by atoms with Crippen LogP contribution in [0.4, 0.5) is 5.69 Å². The number of nitrogens with one attached hydrogen (secondary N) is 1. The normalized spacial score (nSPS) is 11.9. The summed E-state index contributed by atoms with van der Waals surface area (Å²) in [6.45, 7) is 1.83. The standard InChI is InChI=1S/C10H14N4O2/c1-6-2-3-13-5-8(6)14-10(16)7(11)4-9(12)15/h2-3,5,7H,4,11H2,1H3,(H2,12,15)(H,14,16). The van der Waals surface area contributed by atoms with Gasteiger partial charge in [0.15, 0.2) is 0 Å². The Hall–Kier alpha value is -1.95. The molecule has 0 aromatic carbocycles. The van der Waals surface area contributed by atoms with E-state index in [1.807, 2.05) is 6.92 Å². The molecule has 0 aliphatic heterocycles. The van der Waals surface area contributed by atoms with E-state index in [2.05, 4.69) is 10.3 Å². The molecule has 1 aromatic rings. The molecule has 6 nitrogen and oxygen atoms in total. The summed E-state index contributed by atoms with van der Waals surface area (Å²) >= 11 is 0. The van der Waals surface area contributed by atoms with Crippen molar-refractivity contribution >= 4 is 17.5 Å². The number of hydrogen-bond donors (Lipinski definition) is 3. The zero-order valence-electron chi connectivity index (χ0n) is 8.93. The molecule has 0 spiro atoms. The van der Waals surface area contributed by atoms with Crippen molar-refractivity contribution in [2.75, 3.05) is 5.32 Å². The zero-order valence-corrected chi connectivity index (χ0v) is 8.93. The number of carbonyl (C=O) groups is 2. The molecule has 2 amide bonds. The molecular formula is C10H14N4O2. The van der Waals surface area contributed by atoms with Crippen molar-refractivity contribution in [1.82, 2.24) is 4.98 Å². The van der Waals surface area contributed by atoms with E-state index in [0.717, 1.165) is 5.56 Å². The van der Waals surface area contributed by atoms with Crippen LogP contribution >= 0.6 is 0 Å². The minimum Gasteiger partial charge on any atom is -0.370 e. The molecule has 0 aliphatic carbocycles. The lowest BCUT2D eigenvalue weighted by Gasteiger charge is -2.11. The van der Waals surface area contributed by atoms with E-state index in [0.29, 0.717) is 5.69 Å². The Morgan fingerprint density at radius 3 is 2.81 bits per heavy atom. The van der Waals surface area contributed by atoms with Crippen LogP contribution in [0.1, 0.15) is 12.0 Å². The Morgan fingerprint density at radius 1 is 1.56 bits per heavy atom. The summed E-state index contributed by atoms with van der Waals surface area (Å²) in [6.07, 6.45) is 2.96. The lowest BCUT2D eigenvalue weighted by molar-refractivity contribution is -0.123. The number of aryl methyl sites for hydroxylation is 1. The van der Waals surface area contributed by atoms with Gasteiger partial charge in [0, 0.05) is 6.20 Å². The van der Waals surface area contributed by atoms with E-state index in [4.69, 9.17) is 11.5 Å². The summed E-state index contributed by atoms with van der Waals surface area (Å²) in [5, 5.41) is 2.58. The van der Waals surface area contributed by atoms with Gasteiger partial charge >= 0.3 is 0 Å². The second-order valence-corrected chi connectivity index (χ2v) is 3.46. The summed E-state index contributed by atoms with van der Waals surface area (Å²) in [6, 6.07) is 0.826. The summed E-state index contributed by atoms with van der Waals surface area (Å²) in [7, 11) is 0. The summed E-state index contributed by atoms with van der Waals surface area (Å²) in [4.78, 5) is 26.0. The third-order valence-corrected chi connectivity index (χ3v) is 2.05. The van der Waals surface area contributed by atoms with E-state index in [1.165, 1.54) is 6.20 Å². The summed E-state index contributed by atoms with van der Waals surface area (Å²) in [5.74, 6) is -1.06. The van der Waals surface area contributed by atoms with Gasteiger partial charge in [-0.25, -0.2) is 0 Å². The van der Waals surface area contributed by atoms with Gasteiger partial charge in [-0.15, -0.1) is 0 Å². The number of primary amides is 1. The van der Waals surface area contributed by atoms with Gasteiger partial charge in [-0.05, 0) is 18.6 Å². The molecule has 0 saturated carbocycles. The van der Waals surface area contributed by atoms with Crippen LogP contribution in [-0.2, 0) is 9.59 Å². The van der Waals surface area contributed by atoms with Gasteiger partial charge in [-0.3, -0.25) is 14.6 Å². The number of carbonyl (C=O) groups excluding carboxylic acids is 2. The number of anilines is 1. The van der Waals surface area contributed by atoms with Gasteiger partial charge in [0.05, 0.1) is 24.3 Å². The van der Waals surface area contributed by atoms with Crippen molar-refractivity contribution < 1.29 is 9.59 Å². The minimum atomic E-state index is -0.933. The quantitative estimate of drug-likeness (QED) is 0.639. The molecule has 1 rings (SSSR count). The van der Waals surface area contributed by atoms with Crippen LogP contribution in [0.25, 0.3) is 0 Å². The number of rotatable bonds is 4. The van der Waals surface area contributed by atoms with Crippen LogP contribution in [0.2, 0.25) is 0 Å². The van der Waals surface area contributed by atoms with Gasteiger partial charge in [0.25, 0.3) is 0 Å². The molecule has 1 atom stereocenters. The molecule has 0 fully saturated rings. The number of hydrogen-bond acceptors (Lipinski definition) is 4. The van der Waals surface area contributed by atoms with E-state index in [1.54, 1.807) is 12.3 Å². The van der Waals surface area contributed by atoms with Gasteiger partial charge in [0.1, 0.15) is 0 Å². The van der Waals surface area contributed by atoms with Crippen molar-refractivity contribution in [2.24, 2.45) is 11.5 Å². The number of nitrogens with two attached hydrogens (primary N) is 2. The highest BCUT2D eigenvalue weighted by atomic mass is 16.2. The molecule has 0 aliphatic rings. The fourth-order valence-electron chi connectivity index (χ4n) is 1.13. The maximum absolute atomic E-state index is 11.5. The molecule has 5 N–H and O–H groups in total. The van der Waals surface area contributed by atoms with E-state index >= 15 is 0 Å². The topological polar surface area (TPSA) is 111 Å². The molecule has 0 radical (unpaired) electrons. The predicted octanol–water partition coefficient (Wildman–Crippen LogP) is -0.469. The van der Waals surface area contributed by atoms with Gasteiger partial charge in [0.2, 0.25) is 11.8 Å². The number of pyridine rings is 1. The minimum absolute atomic E-state index is 0.175. The first kappa shape index (κ1) is 12.1. The summed E-state index contributed by atoms with van der Waals surface area (Å²) in [5.41, 5.74) is 11.9. The van der Waals surface area contributed by atoms with Crippen molar-refractivity contribution in [1.29, 1.82) is 0 Å². The zero-order chi connectivity index (χ0) is 12.1. The Kier molecular flexibility index (Phi) is 3.96. The van der Waals surface area contributed by atoms with Gasteiger partial charge < -0.3 is 16.8 Å². The highest BCUT2D eigenvalue weighted by Gasteiger charge is 2.16. The Morgan fingerprint density at radius 2 is 2.25 bits per heavy atom. The Bertz CT molecular complexity index is 406. The van der Waals surface area contributed by atoms with E-state index in [9.17, 15) is 9.59 Å². The van der Waals surface area contributed by atoms with Crippen LogP contribution in [0.3, 0.4) is 0 Å². The third-order valence-electron chi connectivity index (χ3n) is 2.05.